The van der Waals surface area contributed by atoms with Gasteiger partial charge in [-0.05, 0) is 43.4 Å². The lowest BCUT2D eigenvalue weighted by Gasteiger charge is -2.11. The summed E-state index contributed by atoms with van der Waals surface area (Å²) in [5.41, 5.74) is 8.47. The summed E-state index contributed by atoms with van der Waals surface area (Å²) in [5, 5.41) is 3.32. The number of primary amides is 1. The van der Waals surface area contributed by atoms with Crippen LogP contribution in [0.1, 0.15) is 44.1 Å². The first kappa shape index (κ1) is 14.8. The summed E-state index contributed by atoms with van der Waals surface area (Å²) in [6, 6.07) is 3.37. The number of carbonyl (C=O) groups excluding carboxylic acids is 2. The van der Waals surface area contributed by atoms with E-state index in [2.05, 4.69) is 20.3 Å². The van der Waals surface area contributed by atoms with Crippen molar-refractivity contribution in [1.82, 2.24) is 15.0 Å². The maximum Gasteiger partial charge on any atom is 0.274 e. The molecular formula is C16H15N5O2S. The topological polar surface area (TPSA) is 114 Å². The molecule has 3 aromatic rings. The predicted molar refractivity (Wildman–Crippen MR) is 91.3 cm³/mol. The maximum absolute atomic E-state index is 12.5. The van der Waals surface area contributed by atoms with Gasteiger partial charge in [-0.15, -0.1) is 11.3 Å². The normalized spacial score (nSPS) is 13.7. The zero-order chi connectivity index (χ0) is 16.7. The van der Waals surface area contributed by atoms with E-state index >= 15 is 0 Å². The Bertz CT molecular complexity index is 959. The van der Waals surface area contributed by atoms with E-state index in [1.54, 1.807) is 12.1 Å². The summed E-state index contributed by atoms with van der Waals surface area (Å²) < 4.78 is 0. The number of anilines is 1. The Kier molecular flexibility index (Phi) is 3.53. The minimum absolute atomic E-state index is 0.247. The molecule has 8 heteroatoms. The van der Waals surface area contributed by atoms with Crippen LogP contribution in [0.4, 0.5) is 5.00 Å². The highest BCUT2D eigenvalue weighted by atomic mass is 32.1. The Balaban J connectivity index is 1.68. The van der Waals surface area contributed by atoms with E-state index in [1.807, 2.05) is 0 Å². The highest BCUT2D eigenvalue weighted by Crippen LogP contribution is 2.38. The second-order valence-electron chi connectivity index (χ2n) is 5.70. The van der Waals surface area contributed by atoms with E-state index in [-0.39, 0.29) is 11.6 Å². The van der Waals surface area contributed by atoms with Crippen LogP contribution in [0.2, 0.25) is 0 Å². The van der Waals surface area contributed by atoms with E-state index in [0.29, 0.717) is 16.2 Å². The lowest BCUT2D eigenvalue weighted by atomic mass is 9.95. The number of H-pyrrole nitrogens is 1. The molecule has 4 rings (SSSR count). The first-order valence-electron chi connectivity index (χ1n) is 7.69. The number of pyridine rings is 1. The molecule has 3 heterocycles. The molecule has 2 amide bonds. The lowest BCUT2D eigenvalue weighted by molar-refractivity contribution is 0.100. The largest absolute Gasteiger partial charge is 0.365 e. The Hall–Kier alpha value is -2.74. The van der Waals surface area contributed by atoms with Crippen LogP contribution < -0.4 is 11.1 Å². The maximum atomic E-state index is 12.5. The van der Waals surface area contributed by atoms with Crippen molar-refractivity contribution in [3.63, 3.8) is 0 Å². The molecule has 1 aliphatic carbocycles. The van der Waals surface area contributed by atoms with Crippen LogP contribution in [0.5, 0.6) is 0 Å². The molecule has 0 aromatic carbocycles. The van der Waals surface area contributed by atoms with E-state index in [9.17, 15) is 9.59 Å². The number of hydrogen-bond donors (Lipinski definition) is 3. The Morgan fingerprint density at radius 2 is 2.08 bits per heavy atom. The molecule has 7 nitrogen and oxygen atoms in total. The summed E-state index contributed by atoms with van der Waals surface area (Å²) >= 11 is 1.44. The van der Waals surface area contributed by atoms with Gasteiger partial charge < -0.3 is 16.0 Å². The van der Waals surface area contributed by atoms with Gasteiger partial charge in [-0.2, -0.15) is 0 Å². The number of aryl methyl sites for hydroxylation is 1. The van der Waals surface area contributed by atoms with Gasteiger partial charge >= 0.3 is 0 Å². The van der Waals surface area contributed by atoms with Crippen molar-refractivity contribution in [2.75, 3.05) is 5.32 Å². The van der Waals surface area contributed by atoms with Crippen molar-refractivity contribution in [2.45, 2.75) is 25.7 Å². The molecule has 0 aliphatic heterocycles. The number of imidazole rings is 1. The molecule has 122 valence electrons. The van der Waals surface area contributed by atoms with Crippen molar-refractivity contribution in [1.29, 1.82) is 0 Å². The summed E-state index contributed by atoms with van der Waals surface area (Å²) in [7, 11) is 0. The first-order chi connectivity index (χ1) is 11.6. The van der Waals surface area contributed by atoms with Crippen LogP contribution in [0.25, 0.3) is 11.2 Å². The average Bonchev–Trinajstić information content (AvgIpc) is 3.17. The summed E-state index contributed by atoms with van der Waals surface area (Å²) in [4.78, 5) is 36.7. The SMILES string of the molecule is NC(=O)c1c(NC(=O)c2ccc3[nH]cnc3n2)sc2c1CCCC2. The van der Waals surface area contributed by atoms with Crippen molar-refractivity contribution in [3.05, 3.63) is 40.2 Å². The van der Waals surface area contributed by atoms with Crippen LogP contribution >= 0.6 is 11.3 Å². The van der Waals surface area contributed by atoms with Gasteiger partial charge in [0.2, 0.25) is 0 Å². The number of carbonyl (C=O) groups is 2. The third kappa shape index (κ3) is 2.44. The number of amides is 2. The van der Waals surface area contributed by atoms with E-state index in [4.69, 9.17) is 5.73 Å². The standard InChI is InChI=1S/C16H15N5O2S/c17-13(22)12-8-3-1-2-4-11(8)24-16(12)21-15(23)10-6-5-9-14(20-10)19-7-18-9/h5-7H,1-4H2,(H2,17,22)(H,21,23)(H,18,19,20). The van der Waals surface area contributed by atoms with Crippen molar-refractivity contribution < 1.29 is 9.59 Å². The number of hydrogen-bond acceptors (Lipinski definition) is 5. The molecule has 0 spiro atoms. The zero-order valence-corrected chi connectivity index (χ0v) is 13.6. The van der Waals surface area contributed by atoms with Crippen molar-refractivity contribution >= 4 is 39.3 Å². The fraction of sp³-hybridized carbons (Fsp3) is 0.250. The zero-order valence-electron chi connectivity index (χ0n) is 12.8. The van der Waals surface area contributed by atoms with Gasteiger partial charge in [0.25, 0.3) is 11.8 Å². The van der Waals surface area contributed by atoms with E-state index < -0.39 is 5.91 Å². The minimum Gasteiger partial charge on any atom is -0.365 e. The number of aromatic amines is 1. The number of aromatic nitrogens is 3. The van der Waals surface area contributed by atoms with Gasteiger partial charge in [0.1, 0.15) is 10.7 Å². The third-order valence-electron chi connectivity index (χ3n) is 4.16. The predicted octanol–water partition coefficient (Wildman–Crippen LogP) is 2.25. The van der Waals surface area contributed by atoms with Crippen LogP contribution in [0, 0.1) is 0 Å². The lowest BCUT2D eigenvalue weighted by Crippen LogP contribution is -2.19. The minimum atomic E-state index is -0.500. The summed E-state index contributed by atoms with van der Waals surface area (Å²) in [5.74, 6) is -0.874. The van der Waals surface area contributed by atoms with Gasteiger partial charge in [-0.25, -0.2) is 9.97 Å². The fourth-order valence-corrected chi connectivity index (χ4v) is 4.32. The van der Waals surface area contributed by atoms with Crippen LogP contribution in [0.15, 0.2) is 18.5 Å². The molecule has 0 unspecified atom stereocenters. The molecule has 0 fully saturated rings. The third-order valence-corrected chi connectivity index (χ3v) is 5.37. The van der Waals surface area contributed by atoms with Crippen LogP contribution in [0.3, 0.4) is 0 Å². The van der Waals surface area contributed by atoms with Gasteiger partial charge in [0.15, 0.2) is 5.65 Å². The average molecular weight is 341 g/mol. The molecule has 4 N–H and O–H groups in total. The molecule has 24 heavy (non-hydrogen) atoms. The Labute approximate surface area is 141 Å². The highest BCUT2D eigenvalue weighted by Gasteiger charge is 2.25. The number of rotatable bonds is 3. The van der Waals surface area contributed by atoms with Gasteiger partial charge in [0, 0.05) is 4.88 Å². The molecule has 0 bridgehead atoms. The second-order valence-corrected chi connectivity index (χ2v) is 6.81. The number of nitrogens with one attached hydrogen (secondary N) is 2. The molecule has 3 aromatic heterocycles. The summed E-state index contributed by atoms with van der Waals surface area (Å²) in [6.07, 6.45) is 5.41. The smallest absolute Gasteiger partial charge is 0.274 e. The van der Waals surface area contributed by atoms with E-state index in [0.717, 1.165) is 41.6 Å². The number of nitrogens with two attached hydrogens (primary N) is 1. The first-order valence-corrected chi connectivity index (χ1v) is 8.51. The van der Waals surface area contributed by atoms with E-state index in [1.165, 1.54) is 17.7 Å². The number of thiophene rings is 1. The molecule has 0 radical (unpaired) electrons. The fourth-order valence-electron chi connectivity index (χ4n) is 3.03. The Morgan fingerprint density at radius 1 is 1.25 bits per heavy atom. The van der Waals surface area contributed by atoms with Crippen LogP contribution in [-0.4, -0.2) is 26.8 Å². The Morgan fingerprint density at radius 3 is 2.92 bits per heavy atom. The van der Waals surface area contributed by atoms with Crippen LogP contribution in [-0.2, 0) is 12.8 Å². The molecule has 0 saturated carbocycles. The molecule has 0 saturated heterocycles. The molecule has 1 aliphatic rings. The van der Waals surface area contributed by atoms with Crippen molar-refractivity contribution in [2.24, 2.45) is 5.73 Å². The van der Waals surface area contributed by atoms with Crippen molar-refractivity contribution in [3.8, 4) is 0 Å². The second kappa shape index (κ2) is 5.72. The molecular weight excluding hydrogens is 326 g/mol. The quantitative estimate of drug-likeness (QED) is 0.678. The highest BCUT2D eigenvalue weighted by molar-refractivity contribution is 7.17. The number of nitrogens with zero attached hydrogens (tertiary/aromatic N) is 2. The summed E-state index contributed by atoms with van der Waals surface area (Å²) in [6.45, 7) is 0. The van der Waals surface area contributed by atoms with Gasteiger partial charge in [0.05, 0.1) is 17.4 Å². The van der Waals surface area contributed by atoms with Gasteiger partial charge in [-0.1, -0.05) is 0 Å². The molecule has 0 atom stereocenters. The number of fused-ring (bicyclic) bond motifs is 2. The monoisotopic (exact) mass is 341 g/mol. The van der Waals surface area contributed by atoms with Gasteiger partial charge in [-0.3, -0.25) is 9.59 Å².